The van der Waals surface area contributed by atoms with Crippen LogP contribution < -0.4 is 5.32 Å². The summed E-state index contributed by atoms with van der Waals surface area (Å²) in [5, 5.41) is 3.32. The van der Waals surface area contributed by atoms with E-state index in [1.54, 1.807) is 6.07 Å². The molecule has 1 heterocycles. The zero-order valence-electron chi connectivity index (χ0n) is 9.03. The summed E-state index contributed by atoms with van der Waals surface area (Å²) < 4.78 is 14.3. The first-order valence-corrected chi connectivity index (χ1v) is 6.06. The molecule has 1 aromatic rings. The summed E-state index contributed by atoms with van der Waals surface area (Å²) in [5.74, 6) is 0.314. The van der Waals surface area contributed by atoms with Gasteiger partial charge in [0.05, 0.1) is 4.47 Å². The smallest absolute Gasteiger partial charge is 0.137 e. The van der Waals surface area contributed by atoms with Crippen LogP contribution in [0.1, 0.15) is 29.0 Å². The Balaban J connectivity index is 2.52. The molecule has 0 saturated carbocycles. The van der Waals surface area contributed by atoms with Gasteiger partial charge in [-0.15, -0.1) is 0 Å². The molecule has 1 atom stereocenters. The average molecular weight is 272 g/mol. The van der Waals surface area contributed by atoms with Crippen molar-refractivity contribution in [1.82, 2.24) is 5.32 Å². The van der Waals surface area contributed by atoms with E-state index in [1.807, 2.05) is 6.92 Å². The maximum atomic E-state index is 13.6. The molecule has 0 aliphatic carbocycles. The number of nitrogens with one attached hydrogen (secondary N) is 1. The van der Waals surface area contributed by atoms with E-state index >= 15 is 0 Å². The second-order valence-corrected chi connectivity index (χ2v) is 5.01. The molecule has 82 valence electrons. The van der Waals surface area contributed by atoms with E-state index in [-0.39, 0.29) is 5.82 Å². The van der Waals surface area contributed by atoms with E-state index in [0.717, 1.165) is 30.6 Å². The van der Waals surface area contributed by atoms with Crippen molar-refractivity contribution in [1.29, 1.82) is 0 Å². The summed E-state index contributed by atoms with van der Waals surface area (Å²) in [6.45, 7) is 6.04. The Bertz CT molecular complexity index is 357. The quantitative estimate of drug-likeness (QED) is 0.827. The van der Waals surface area contributed by atoms with Crippen LogP contribution >= 0.6 is 15.9 Å². The van der Waals surface area contributed by atoms with E-state index in [4.69, 9.17) is 0 Å². The lowest BCUT2D eigenvalue weighted by molar-refractivity contribution is 0.610. The van der Waals surface area contributed by atoms with E-state index < -0.39 is 0 Å². The molecule has 1 aliphatic rings. The van der Waals surface area contributed by atoms with Gasteiger partial charge in [0.1, 0.15) is 5.82 Å². The Morgan fingerprint density at radius 3 is 2.80 bits per heavy atom. The lowest BCUT2D eigenvalue weighted by Gasteiger charge is -2.17. The van der Waals surface area contributed by atoms with Crippen LogP contribution in [0.2, 0.25) is 0 Å². The standard InChI is InChI=1S/C12H15BrFN/c1-7-5-10(14)12(13)11(8(7)2)9-3-4-15-6-9/h5,9,15H,3-4,6H2,1-2H3. The van der Waals surface area contributed by atoms with Gasteiger partial charge in [0, 0.05) is 6.54 Å². The lowest BCUT2D eigenvalue weighted by atomic mass is 9.91. The van der Waals surface area contributed by atoms with Crippen LogP contribution in [0, 0.1) is 19.7 Å². The van der Waals surface area contributed by atoms with E-state index in [2.05, 4.69) is 28.2 Å². The van der Waals surface area contributed by atoms with Crippen LogP contribution in [0.25, 0.3) is 0 Å². The van der Waals surface area contributed by atoms with Crippen molar-refractivity contribution in [3.63, 3.8) is 0 Å². The fraction of sp³-hybridized carbons (Fsp3) is 0.500. The van der Waals surface area contributed by atoms with Gasteiger partial charge in [-0.3, -0.25) is 0 Å². The predicted octanol–water partition coefficient (Wildman–Crippen LogP) is 3.28. The molecule has 0 bridgehead atoms. The third-order valence-electron chi connectivity index (χ3n) is 3.25. The summed E-state index contributed by atoms with van der Waals surface area (Å²) >= 11 is 3.37. The van der Waals surface area contributed by atoms with Gasteiger partial charge in [-0.2, -0.15) is 0 Å². The molecule has 0 aromatic heterocycles. The molecule has 1 fully saturated rings. The van der Waals surface area contributed by atoms with Gasteiger partial charge in [0.25, 0.3) is 0 Å². The molecule has 0 spiro atoms. The minimum Gasteiger partial charge on any atom is -0.316 e. The summed E-state index contributed by atoms with van der Waals surface area (Å²) in [5.41, 5.74) is 3.41. The first kappa shape index (κ1) is 11.1. The topological polar surface area (TPSA) is 12.0 Å². The van der Waals surface area contributed by atoms with Crippen molar-refractivity contribution in [2.45, 2.75) is 26.2 Å². The molecule has 3 heteroatoms. The van der Waals surface area contributed by atoms with E-state index in [0.29, 0.717) is 10.4 Å². The molecule has 1 aliphatic heterocycles. The highest BCUT2D eigenvalue weighted by Crippen LogP contribution is 2.35. The zero-order valence-corrected chi connectivity index (χ0v) is 10.6. The van der Waals surface area contributed by atoms with Crippen LogP contribution in [-0.4, -0.2) is 13.1 Å². The Morgan fingerprint density at radius 2 is 2.20 bits per heavy atom. The average Bonchev–Trinajstić information content (AvgIpc) is 2.69. The number of benzene rings is 1. The molecular formula is C12H15BrFN. The van der Waals surface area contributed by atoms with Gasteiger partial charge in [0.15, 0.2) is 0 Å². The summed E-state index contributed by atoms with van der Waals surface area (Å²) in [6.07, 6.45) is 1.10. The first-order chi connectivity index (χ1) is 7.11. The summed E-state index contributed by atoms with van der Waals surface area (Å²) in [4.78, 5) is 0. The van der Waals surface area contributed by atoms with E-state index in [1.165, 1.54) is 5.56 Å². The minimum atomic E-state index is -0.139. The number of rotatable bonds is 1. The number of hydrogen-bond acceptors (Lipinski definition) is 1. The molecule has 1 N–H and O–H groups in total. The third kappa shape index (κ3) is 1.95. The van der Waals surface area contributed by atoms with Crippen molar-refractivity contribution in [2.24, 2.45) is 0 Å². The van der Waals surface area contributed by atoms with Crippen LogP contribution in [0.5, 0.6) is 0 Å². The van der Waals surface area contributed by atoms with Crippen molar-refractivity contribution < 1.29 is 4.39 Å². The number of halogens is 2. The fourth-order valence-corrected chi connectivity index (χ4v) is 2.99. The van der Waals surface area contributed by atoms with Crippen LogP contribution in [-0.2, 0) is 0 Å². The Labute approximate surface area is 98.2 Å². The normalized spacial score (nSPS) is 20.9. The van der Waals surface area contributed by atoms with Crippen LogP contribution in [0.15, 0.2) is 10.5 Å². The maximum absolute atomic E-state index is 13.6. The first-order valence-electron chi connectivity index (χ1n) is 5.27. The van der Waals surface area contributed by atoms with Crippen LogP contribution in [0.3, 0.4) is 0 Å². The Morgan fingerprint density at radius 1 is 1.47 bits per heavy atom. The minimum absolute atomic E-state index is 0.139. The van der Waals surface area contributed by atoms with E-state index in [9.17, 15) is 4.39 Å². The molecule has 0 amide bonds. The number of aryl methyl sites for hydroxylation is 1. The number of hydrogen-bond donors (Lipinski definition) is 1. The largest absolute Gasteiger partial charge is 0.316 e. The Kier molecular flexibility index (Phi) is 3.12. The fourth-order valence-electron chi connectivity index (χ4n) is 2.25. The van der Waals surface area contributed by atoms with Gasteiger partial charge >= 0.3 is 0 Å². The molecule has 1 unspecified atom stereocenters. The Hall–Kier alpha value is -0.410. The molecule has 2 rings (SSSR count). The molecular weight excluding hydrogens is 257 g/mol. The summed E-state index contributed by atoms with van der Waals surface area (Å²) in [7, 11) is 0. The highest BCUT2D eigenvalue weighted by molar-refractivity contribution is 9.10. The summed E-state index contributed by atoms with van der Waals surface area (Å²) in [6, 6.07) is 1.60. The van der Waals surface area contributed by atoms with Crippen molar-refractivity contribution in [2.75, 3.05) is 13.1 Å². The molecule has 0 radical (unpaired) electrons. The second kappa shape index (κ2) is 4.22. The van der Waals surface area contributed by atoms with Crippen molar-refractivity contribution in [3.05, 3.63) is 33.0 Å². The lowest BCUT2D eigenvalue weighted by Crippen LogP contribution is -2.10. The van der Waals surface area contributed by atoms with Crippen molar-refractivity contribution in [3.8, 4) is 0 Å². The molecule has 1 nitrogen and oxygen atoms in total. The third-order valence-corrected chi connectivity index (χ3v) is 4.06. The monoisotopic (exact) mass is 271 g/mol. The molecule has 1 aromatic carbocycles. The van der Waals surface area contributed by atoms with Gasteiger partial charge in [-0.05, 0) is 71.4 Å². The van der Waals surface area contributed by atoms with Gasteiger partial charge < -0.3 is 5.32 Å². The predicted molar refractivity (Wildman–Crippen MR) is 63.8 cm³/mol. The van der Waals surface area contributed by atoms with Crippen molar-refractivity contribution >= 4 is 15.9 Å². The van der Waals surface area contributed by atoms with Gasteiger partial charge in [-0.1, -0.05) is 0 Å². The van der Waals surface area contributed by atoms with Crippen LogP contribution in [0.4, 0.5) is 4.39 Å². The second-order valence-electron chi connectivity index (χ2n) is 4.22. The zero-order chi connectivity index (χ0) is 11.0. The maximum Gasteiger partial charge on any atom is 0.137 e. The SMILES string of the molecule is Cc1cc(F)c(Br)c(C2CCNC2)c1C. The molecule has 1 saturated heterocycles. The molecule has 15 heavy (non-hydrogen) atoms. The van der Waals surface area contributed by atoms with Gasteiger partial charge in [-0.25, -0.2) is 4.39 Å². The van der Waals surface area contributed by atoms with Gasteiger partial charge in [0.2, 0.25) is 0 Å². The highest BCUT2D eigenvalue weighted by atomic mass is 79.9. The highest BCUT2D eigenvalue weighted by Gasteiger charge is 2.23.